The number of ether oxygens (including phenoxy) is 1. The average molecular weight is 449 g/mol. The quantitative estimate of drug-likeness (QED) is 0.678. The normalized spacial score (nSPS) is 28.8. The van der Waals surface area contributed by atoms with E-state index in [1.807, 2.05) is 18.2 Å². The lowest BCUT2D eigenvalue weighted by Gasteiger charge is -2.45. The third-order valence-corrected chi connectivity index (χ3v) is 7.82. The molecule has 2 N–H and O–H groups in total. The Morgan fingerprint density at radius 2 is 1.97 bits per heavy atom. The van der Waals surface area contributed by atoms with Crippen molar-refractivity contribution in [3.05, 3.63) is 64.0 Å². The van der Waals surface area contributed by atoms with Crippen LogP contribution in [0, 0.1) is 12.0 Å². The molecular formula is C25H25ClN4O2. The van der Waals surface area contributed by atoms with Crippen LogP contribution in [0.25, 0.3) is 16.0 Å². The molecule has 1 saturated carbocycles. The Morgan fingerprint density at radius 3 is 2.59 bits per heavy atom. The summed E-state index contributed by atoms with van der Waals surface area (Å²) in [6, 6.07) is 11.5. The summed E-state index contributed by atoms with van der Waals surface area (Å²) in [5.41, 5.74) is 9.18. The summed E-state index contributed by atoms with van der Waals surface area (Å²) in [4.78, 5) is 23.7. The van der Waals surface area contributed by atoms with E-state index in [9.17, 15) is 4.79 Å². The average Bonchev–Trinajstić information content (AvgIpc) is 3.20. The standard InChI is InChI=1S/C25H25ClN4O2/c1-28-19-11-17(10-18(26)13-19)15-4-5-16-14-24(8-6-20(32-3)7-9-24)25(21(16)12-15)22(31)30(2)23(27)29-25/h4-5,10-13,20H,6-9,14H2,2-3H3,(H2,27,29). The van der Waals surface area contributed by atoms with Gasteiger partial charge in [-0.2, -0.15) is 0 Å². The van der Waals surface area contributed by atoms with Crippen LogP contribution in [0.2, 0.25) is 5.02 Å². The van der Waals surface area contributed by atoms with E-state index in [2.05, 4.69) is 17.0 Å². The number of aliphatic imine (C=N–C) groups is 1. The molecule has 0 saturated heterocycles. The van der Waals surface area contributed by atoms with E-state index in [-0.39, 0.29) is 23.4 Å². The number of nitrogens with zero attached hydrogens (tertiary/aromatic N) is 3. The highest BCUT2D eigenvalue weighted by Crippen LogP contribution is 2.62. The third kappa shape index (κ3) is 2.81. The fourth-order valence-corrected chi connectivity index (χ4v) is 6.14. The van der Waals surface area contributed by atoms with Crippen molar-refractivity contribution in [1.29, 1.82) is 0 Å². The summed E-state index contributed by atoms with van der Waals surface area (Å²) in [5.74, 6) is 0.203. The number of carbonyl (C=O) groups excluding carboxylic acids is 1. The van der Waals surface area contributed by atoms with Crippen molar-refractivity contribution in [3.63, 3.8) is 0 Å². The first kappa shape index (κ1) is 21.0. The Labute approximate surface area is 192 Å². The number of methoxy groups -OCH3 is 1. The number of fused-ring (bicyclic) bond motifs is 3. The van der Waals surface area contributed by atoms with Crippen LogP contribution in [0.4, 0.5) is 5.69 Å². The topological polar surface area (TPSA) is 72.3 Å². The maximum Gasteiger partial charge on any atom is 0.262 e. The van der Waals surface area contributed by atoms with Crippen LogP contribution >= 0.6 is 11.6 Å². The molecule has 2 aliphatic carbocycles. The highest BCUT2D eigenvalue weighted by atomic mass is 35.5. The Morgan fingerprint density at radius 1 is 1.22 bits per heavy atom. The third-order valence-electron chi connectivity index (χ3n) is 7.60. The van der Waals surface area contributed by atoms with Crippen LogP contribution in [0.1, 0.15) is 36.8 Å². The maximum atomic E-state index is 13.8. The van der Waals surface area contributed by atoms with Gasteiger partial charge in [0.2, 0.25) is 0 Å². The van der Waals surface area contributed by atoms with Gasteiger partial charge in [-0.05, 0) is 78.6 Å². The summed E-state index contributed by atoms with van der Waals surface area (Å²) < 4.78 is 5.61. The van der Waals surface area contributed by atoms with Crippen LogP contribution in [0.15, 0.2) is 41.4 Å². The molecular weight excluding hydrogens is 424 g/mol. The minimum absolute atomic E-state index is 0.0605. The van der Waals surface area contributed by atoms with E-state index < -0.39 is 5.54 Å². The van der Waals surface area contributed by atoms with Gasteiger partial charge in [0.05, 0.1) is 12.7 Å². The summed E-state index contributed by atoms with van der Waals surface area (Å²) in [6.45, 7) is 7.36. The Bertz CT molecular complexity index is 1190. The van der Waals surface area contributed by atoms with Gasteiger partial charge in [-0.25, -0.2) is 9.84 Å². The fourth-order valence-electron chi connectivity index (χ4n) is 5.91. The van der Waals surface area contributed by atoms with Crippen LogP contribution in [0.3, 0.4) is 0 Å². The first-order valence-electron chi connectivity index (χ1n) is 10.8. The first-order valence-corrected chi connectivity index (χ1v) is 11.2. The first-order chi connectivity index (χ1) is 15.3. The molecule has 1 fully saturated rings. The summed E-state index contributed by atoms with van der Waals surface area (Å²) in [7, 11) is 3.45. The number of rotatable bonds is 2. The van der Waals surface area contributed by atoms with Gasteiger partial charge >= 0.3 is 0 Å². The number of benzene rings is 2. The van der Waals surface area contributed by atoms with E-state index in [1.165, 1.54) is 4.90 Å². The van der Waals surface area contributed by atoms with Gasteiger partial charge in [-0.15, -0.1) is 0 Å². The molecule has 32 heavy (non-hydrogen) atoms. The summed E-state index contributed by atoms with van der Waals surface area (Å²) >= 11 is 6.27. The fraction of sp³-hybridized carbons (Fsp3) is 0.400. The van der Waals surface area contributed by atoms with Gasteiger partial charge in [0.15, 0.2) is 17.2 Å². The summed E-state index contributed by atoms with van der Waals surface area (Å²) in [6.07, 6.45) is 4.50. The Balaban J connectivity index is 1.68. The van der Waals surface area contributed by atoms with Crippen molar-refractivity contribution >= 4 is 29.2 Å². The number of carbonyl (C=O) groups is 1. The molecule has 1 atom stereocenters. The van der Waals surface area contributed by atoms with Gasteiger partial charge in [0.25, 0.3) is 5.91 Å². The largest absolute Gasteiger partial charge is 0.381 e. The lowest BCUT2D eigenvalue weighted by molar-refractivity contribution is -0.137. The van der Waals surface area contributed by atoms with Crippen molar-refractivity contribution in [2.45, 2.75) is 43.7 Å². The van der Waals surface area contributed by atoms with Crippen molar-refractivity contribution < 1.29 is 9.53 Å². The predicted octanol–water partition coefficient (Wildman–Crippen LogP) is 4.67. The number of guanidine groups is 1. The molecule has 6 nitrogen and oxygen atoms in total. The molecule has 1 amide bonds. The van der Waals surface area contributed by atoms with Crippen molar-refractivity contribution in [1.82, 2.24) is 4.90 Å². The molecule has 2 spiro atoms. The predicted molar refractivity (Wildman–Crippen MR) is 125 cm³/mol. The molecule has 0 radical (unpaired) electrons. The van der Waals surface area contributed by atoms with Crippen molar-refractivity contribution in [2.75, 3.05) is 14.2 Å². The highest BCUT2D eigenvalue weighted by molar-refractivity contribution is 6.31. The number of hydrogen-bond acceptors (Lipinski definition) is 4. The molecule has 2 aromatic rings. The SMILES string of the molecule is [C-]#[N+]c1cc(Cl)cc(-c2ccc3c(c2)C2(N=C(N)N(C)C2=O)C2(CCC(OC)CC2)C3)c1. The van der Waals surface area contributed by atoms with Gasteiger partial charge in [-0.3, -0.25) is 9.69 Å². The second-order valence-corrected chi connectivity index (χ2v) is 9.56. The van der Waals surface area contributed by atoms with Gasteiger partial charge < -0.3 is 10.5 Å². The lowest BCUT2D eigenvalue weighted by atomic mass is 9.61. The van der Waals surface area contributed by atoms with Crippen LogP contribution in [0.5, 0.6) is 0 Å². The van der Waals surface area contributed by atoms with Crippen molar-refractivity contribution in [3.8, 4) is 11.1 Å². The van der Waals surface area contributed by atoms with E-state index in [1.54, 1.807) is 20.2 Å². The number of nitrogens with two attached hydrogens (primary N) is 1. The zero-order valence-corrected chi connectivity index (χ0v) is 18.9. The molecule has 0 bridgehead atoms. The number of hydrogen-bond donors (Lipinski definition) is 1. The molecule has 3 aliphatic rings. The van der Waals surface area contributed by atoms with E-state index in [4.69, 9.17) is 33.6 Å². The zero-order valence-electron chi connectivity index (χ0n) is 18.2. The Kier molecular flexibility index (Phi) is 4.81. The van der Waals surface area contributed by atoms with E-state index in [0.29, 0.717) is 10.7 Å². The van der Waals surface area contributed by atoms with E-state index in [0.717, 1.165) is 54.4 Å². The minimum atomic E-state index is -1.02. The minimum Gasteiger partial charge on any atom is -0.381 e. The van der Waals surface area contributed by atoms with Crippen molar-refractivity contribution in [2.24, 2.45) is 16.1 Å². The van der Waals surface area contributed by atoms with Gasteiger partial charge in [0.1, 0.15) is 0 Å². The monoisotopic (exact) mass is 448 g/mol. The van der Waals surface area contributed by atoms with Gasteiger partial charge in [0, 0.05) is 24.6 Å². The number of amides is 1. The zero-order chi connectivity index (χ0) is 22.7. The highest BCUT2D eigenvalue weighted by Gasteiger charge is 2.66. The molecule has 1 unspecified atom stereocenters. The molecule has 1 aliphatic heterocycles. The molecule has 7 heteroatoms. The molecule has 2 aromatic carbocycles. The molecule has 5 rings (SSSR count). The second kappa shape index (κ2) is 7.33. The maximum absolute atomic E-state index is 13.8. The number of likely N-dealkylation sites (N-methyl/N-ethyl adjacent to an activating group) is 1. The van der Waals surface area contributed by atoms with Crippen LogP contribution in [-0.2, 0) is 21.5 Å². The van der Waals surface area contributed by atoms with Gasteiger partial charge in [-0.1, -0.05) is 23.7 Å². The second-order valence-electron chi connectivity index (χ2n) is 9.12. The van der Waals surface area contributed by atoms with E-state index >= 15 is 0 Å². The number of halogens is 1. The molecule has 164 valence electrons. The van der Waals surface area contributed by atoms with Crippen LogP contribution < -0.4 is 5.73 Å². The molecule has 0 aromatic heterocycles. The summed E-state index contributed by atoms with van der Waals surface area (Å²) in [5, 5.41) is 0.511. The Hall–Kier alpha value is -2.88. The smallest absolute Gasteiger partial charge is 0.262 e. The lowest BCUT2D eigenvalue weighted by Crippen LogP contribution is -2.51. The molecule has 1 heterocycles. The van der Waals surface area contributed by atoms with Crippen LogP contribution in [-0.4, -0.2) is 37.0 Å².